The molecule has 0 bridgehead atoms. The zero-order chi connectivity index (χ0) is 20.2. The summed E-state index contributed by atoms with van der Waals surface area (Å²) in [5, 5.41) is 4.28. The summed E-state index contributed by atoms with van der Waals surface area (Å²) >= 11 is 0. The monoisotopic (exact) mass is 392 g/mol. The second-order valence-corrected chi connectivity index (χ2v) is 7.00. The van der Waals surface area contributed by atoms with Gasteiger partial charge in [0.25, 0.3) is 5.91 Å². The standard InChI is InChI=1S/C22H21FN4O2/c23-19-6-4-5-17(13-19)15-26-12-11-25(10-9-21(26)28)22(29)18-14-24-27(16-18)20-7-2-1-3-8-20/h1-8,13-14,16H,9-12,15H2. The Morgan fingerprint density at radius 1 is 1.03 bits per heavy atom. The number of rotatable bonds is 4. The van der Waals surface area contributed by atoms with Crippen LogP contribution < -0.4 is 0 Å². The van der Waals surface area contributed by atoms with E-state index in [2.05, 4.69) is 5.10 Å². The number of aromatic nitrogens is 2. The van der Waals surface area contributed by atoms with Crippen LogP contribution in [-0.4, -0.2) is 51.0 Å². The zero-order valence-electron chi connectivity index (χ0n) is 15.9. The molecule has 1 aliphatic rings. The molecule has 0 unspecified atom stereocenters. The first kappa shape index (κ1) is 18.9. The number of hydrogen-bond acceptors (Lipinski definition) is 3. The Morgan fingerprint density at radius 2 is 1.86 bits per heavy atom. The lowest BCUT2D eigenvalue weighted by Crippen LogP contribution is -2.35. The molecule has 1 aliphatic heterocycles. The van der Waals surface area contributed by atoms with Gasteiger partial charge in [0.2, 0.25) is 5.91 Å². The second-order valence-electron chi connectivity index (χ2n) is 7.00. The maximum Gasteiger partial charge on any atom is 0.257 e. The number of carbonyl (C=O) groups is 2. The topological polar surface area (TPSA) is 58.4 Å². The third-order valence-electron chi connectivity index (χ3n) is 4.99. The first-order valence-electron chi connectivity index (χ1n) is 9.52. The predicted molar refractivity (Wildman–Crippen MR) is 106 cm³/mol. The molecule has 3 aromatic rings. The summed E-state index contributed by atoms with van der Waals surface area (Å²) in [5.74, 6) is -0.505. The zero-order valence-corrected chi connectivity index (χ0v) is 15.9. The molecule has 0 atom stereocenters. The highest BCUT2D eigenvalue weighted by atomic mass is 19.1. The van der Waals surface area contributed by atoms with Gasteiger partial charge in [0.1, 0.15) is 5.82 Å². The average Bonchev–Trinajstić information content (AvgIpc) is 3.16. The van der Waals surface area contributed by atoms with Gasteiger partial charge < -0.3 is 9.80 Å². The van der Waals surface area contributed by atoms with Crippen molar-refractivity contribution in [2.75, 3.05) is 19.6 Å². The van der Waals surface area contributed by atoms with Gasteiger partial charge in [-0.2, -0.15) is 5.10 Å². The van der Waals surface area contributed by atoms with Crippen LogP contribution in [0.25, 0.3) is 5.69 Å². The van der Waals surface area contributed by atoms with Crippen LogP contribution in [0.4, 0.5) is 4.39 Å². The van der Waals surface area contributed by atoms with E-state index in [1.165, 1.54) is 12.1 Å². The Morgan fingerprint density at radius 3 is 2.66 bits per heavy atom. The van der Waals surface area contributed by atoms with E-state index < -0.39 is 0 Å². The van der Waals surface area contributed by atoms with Crippen LogP contribution in [0.3, 0.4) is 0 Å². The van der Waals surface area contributed by atoms with Crippen LogP contribution in [0.2, 0.25) is 0 Å². The van der Waals surface area contributed by atoms with Crippen LogP contribution >= 0.6 is 0 Å². The minimum atomic E-state index is -0.322. The molecule has 2 aromatic carbocycles. The van der Waals surface area contributed by atoms with Gasteiger partial charge in [-0.3, -0.25) is 9.59 Å². The molecule has 0 spiro atoms. The molecule has 0 aliphatic carbocycles. The van der Waals surface area contributed by atoms with Gasteiger partial charge in [-0.05, 0) is 29.8 Å². The molecule has 148 valence electrons. The summed E-state index contributed by atoms with van der Waals surface area (Å²) in [7, 11) is 0. The van der Waals surface area contributed by atoms with E-state index in [0.29, 0.717) is 31.7 Å². The van der Waals surface area contributed by atoms with Crippen LogP contribution in [-0.2, 0) is 11.3 Å². The number of carbonyl (C=O) groups excluding carboxylic acids is 2. The lowest BCUT2D eigenvalue weighted by Gasteiger charge is -2.22. The average molecular weight is 392 g/mol. The van der Waals surface area contributed by atoms with Gasteiger partial charge in [0.05, 0.1) is 17.4 Å². The molecule has 7 heteroatoms. The first-order valence-corrected chi connectivity index (χ1v) is 9.52. The van der Waals surface area contributed by atoms with E-state index >= 15 is 0 Å². The Labute approximate surface area is 168 Å². The molecule has 6 nitrogen and oxygen atoms in total. The predicted octanol–water partition coefficient (Wildman–Crippen LogP) is 2.89. The lowest BCUT2D eigenvalue weighted by atomic mass is 10.2. The SMILES string of the molecule is O=C1CCN(C(=O)c2cnn(-c3ccccc3)c2)CCN1Cc1cccc(F)c1. The number of nitrogens with zero attached hydrogens (tertiary/aromatic N) is 4. The normalized spacial score (nSPS) is 14.7. The number of amides is 2. The summed E-state index contributed by atoms with van der Waals surface area (Å²) in [4.78, 5) is 28.7. The summed E-state index contributed by atoms with van der Waals surface area (Å²) in [5.41, 5.74) is 2.10. The number of hydrogen-bond donors (Lipinski definition) is 0. The Kier molecular flexibility index (Phi) is 5.37. The minimum Gasteiger partial charge on any atom is -0.337 e. The molecule has 2 heterocycles. The quantitative estimate of drug-likeness (QED) is 0.686. The molecule has 1 aromatic heterocycles. The van der Waals surface area contributed by atoms with Crippen LogP contribution in [0.1, 0.15) is 22.3 Å². The van der Waals surface area contributed by atoms with E-state index in [1.807, 2.05) is 30.3 Å². The van der Waals surface area contributed by atoms with Gasteiger partial charge in [0.15, 0.2) is 0 Å². The molecular weight excluding hydrogens is 371 g/mol. The van der Waals surface area contributed by atoms with E-state index in [4.69, 9.17) is 0 Å². The fourth-order valence-corrected chi connectivity index (χ4v) is 3.43. The summed E-state index contributed by atoms with van der Waals surface area (Å²) in [6.45, 7) is 1.53. The Hall–Kier alpha value is -3.48. The number of para-hydroxylation sites is 1. The van der Waals surface area contributed by atoms with Gasteiger partial charge in [-0.15, -0.1) is 0 Å². The van der Waals surface area contributed by atoms with Crippen LogP contribution in [0, 0.1) is 5.82 Å². The molecule has 2 amide bonds. The van der Waals surface area contributed by atoms with Crippen molar-refractivity contribution in [3.63, 3.8) is 0 Å². The van der Waals surface area contributed by atoms with E-state index in [9.17, 15) is 14.0 Å². The fraction of sp³-hybridized carbons (Fsp3) is 0.227. The number of benzene rings is 2. The van der Waals surface area contributed by atoms with Crippen molar-refractivity contribution in [2.24, 2.45) is 0 Å². The molecule has 29 heavy (non-hydrogen) atoms. The maximum absolute atomic E-state index is 13.4. The van der Waals surface area contributed by atoms with Crippen LogP contribution in [0.5, 0.6) is 0 Å². The fourth-order valence-electron chi connectivity index (χ4n) is 3.43. The summed E-state index contributed by atoms with van der Waals surface area (Å²) < 4.78 is 15.1. The second kappa shape index (κ2) is 8.26. The van der Waals surface area contributed by atoms with Gasteiger partial charge >= 0.3 is 0 Å². The summed E-state index contributed by atoms with van der Waals surface area (Å²) in [6.07, 6.45) is 3.50. The third-order valence-corrected chi connectivity index (χ3v) is 4.99. The smallest absolute Gasteiger partial charge is 0.257 e. The van der Waals surface area contributed by atoms with Crippen molar-refractivity contribution in [2.45, 2.75) is 13.0 Å². The minimum absolute atomic E-state index is 0.0375. The molecule has 0 radical (unpaired) electrons. The molecule has 4 rings (SSSR count). The first-order chi connectivity index (χ1) is 14.1. The van der Waals surface area contributed by atoms with Crippen molar-refractivity contribution in [3.05, 3.63) is 83.9 Å². The van der Waals surface area contributed by atoms with Crippen molar-refractivity contribution in [3.8, 4) is 5.69 Å². The number of halogens is 1. The Balaban J connectivity index is 1.43. The van der Waals surface area contributed by atoms with Crippen molar-refractivity contribution >= 4 is 11.8 Å². The summed E-state index contributed by atoms with van der Waals surface area (Å²) in [6, 6.07) is 15.8. The van der Waals surface area contributed by atoms with Crippen molar-refractivity contribution in [1.29, 1.82) is 0 Å². The van der Waals surface area contributed by atoms with Gasteiger partial charge in [0, 0.05) is 38.8 Å². The maximum atomic E-state index is 13.4. The molecular formula is C22H21FN4O2. The van der Waals surface area contributed by atoms with E-state index in [1.54, 1.807) is 39.0 Å². The van der Waals surface area contributed by atoms with Crippen LogP contribution in [0.15, 0.2) is 67.0 Å². The highest BCUT2D eigenvalue weighted by molar-refractivity contribution is 5.94. The highest BCUT2D eigenvalue weighted by Gasteiger charge is 2.25. The largest absolute Gasteiger partial charge is 0.337 e. The third kappa shape index (κ3) is 4.34. The molecule has 0 N–H and O–H groups in total. The van der Waals surface area contributed by atoms with Crippen molar-refractivity contribution in [1.82, 2.24) is 19.6 Å². The molecule has 1 saturated heterocycles. The Bertz CT molecular complexity index is 1020. The van der Waals surface area contributed by atoms with Crippen molar-refractivity contribution < 1.29 is 14.0 Å². The highest BCUT2D eigenvalue weighted by Crippen LogP contribution is 2.15. The van der Waals surface area contributed by atoms with E-state index in [-0.39, 0.29) is 24.1 Å². The van der Waals surface area contributed by atoms with Gasteiger partial charge in [-0.1, -0.05) is 30.3 Å². The van der Waals surface area contributed by atoms with Gasteiger partial charge in [-0.25, -0.2) is 9.07 Å². The molecule has 0 saturated carbocycles. The lowest BCUT2D eigenvalue weighted by molar-refractivity contribution is -0.130. The molecule has 1 fully saturated rings. The van der Waals surface area contributed by atoms with E-state index in [0.717, 1.165) is 11.3 Å².